The number of anilines is 1. The SMILES string of the molecule is N#Cc1ccc(N2C(=O)CC(N(CCC3=CCCCC3)C(=O)COc3ccccc3)C2=O)cc1. The van der Waals surface area contributed by atoms with Crippen molar-refractivity contribution in [1.82, 2.24) is 4.90 Å². The second-order valence-electron chi connectivity index (χ2n) is 8.49. The molecule has 7 heteroatoms. The number of nitrogens with zero attached hydrogens (tertiary/aromatic N) is 3. The first-order valence-corrected chi connectivity index (χ1v) is 11.6. The zero-order chi connectivity index (χ0) is 23.9. The van der Waals surface area contributed by atoms with Gasteiger partial charge in [0.2, 0.25) is 5.91 Å². The predicted octanol–water partition coefficient (Wildman–Crippen LogP) is 3.99. The molecule has 34 heavy (non-hydrogen) atoms. The maximum atomic E-state index is 13.3. The molecule has 1 fully saturated rings. The van der Waals surface area contributed by atoms with Crippen LogP contribution < -0.4 is 9.64 Å². The van der Waals surface area contributed by atoms with Crippen LogP contribution in [0.25, 0.3) is 0 Å². The van der Waals surface area contributed by atoms with Gasteiger partial charge in [0.25, 0.3) is 11.8 Å². The van der Waals surface area contributed by atoms with E-state index in [4.69, 9.17) is 10.00 Å². The van der Waals surface area contributed by atoms with E-state index in [1.807, 2.05) is 24.3 Å². The minimum atomic E-state index is -0.876. The molecule has 1 aliphatic carbocycles. The average molecular weight is 458 g/mol. The number of hydrogen-bond donors (Lipinski definition) is 0. The lowest BCUT2D eigenvalue weighted by Crippen LogP contribution is -2.47. The molecule has 174 valence electrons. The zero-order valence-electron chi connectivity index (χ0n) is 19.0. The van der Waals surface area contributed by atoms with Crippen LogP contribution in [0.2, 0.25) is 0 Å². The van der Waals surface area contributed by atoms with Crippen molar-refractivity contribution in [2.45, 2.75) is 44.6 Å². The Balaban J connectivity index is 1.52. The van der Waals surface area contributed by atoms with Crippen LogP contribution in [0.3, 0.4) is 0 Å². The highest BCUT2D eigenvalue weighted by Gasteiger charge is 2.44. The van der Waals surface area contributed by atoms with Gasteiger partial charge in [-0.2, -0.15) is 5.26 Å². The molecule has 2 aromatic rings. The minimum absolute atomic E-state index is 0.0744. The Kier molecular flexibility index (Phi) is 7.38. The molecule has 0 N–H and O–H groups in total. The van der Waals surface area contributed by atoms with Gasteiger partial charge in [-0.15, -0.1) is 0 Å². The Morgan fingerprint density at radius 1 is 1.09 bits per heavy atom. The number of benzene rings is 2. The van der Waals surface area contributed by atoms with Crippen molar-refractivity contribution in [1.29, 1.82) is 5.26 Å². The summed E-state index contributed by atoms with van der Waals surface area (Å²) >= 11 is 0. The average Bonchev–Trinajstić information content (AvgIpc) is 3.17. The van der Waals surface area contributed by atoms with Crippen LogP contribution in [0.15, 0.2) is 66.2 Å². The first-order valence-electron chi connectivity index (χ1n) is 11.6. The Morgan fingerprint density at radius 3 is 2.53 bits per heavy atom. The molecule has 0 radical (unpaired) electrons. The second-order valence-corrected chi connectivity index (χ2v) is 8.49. The highest BCUT2D eigenvalue weighted by molar-refractivity contribution is 6.23. The molecule has 0 spiro atoms. The van der Waals surface area contributed by atoms with Crippen molar-refractivity contribution in [3.63, 3.8) is 0 Å². The third-order valence-electron chi connectivity index (χ3n) is 6.24. The standard InChI is InChI=1S/C27H27N3O4/c28-18-21-11-13-22(14-12-21)30-25(31)17-24(27(30)33)29(16-15-20-7-3-1-4-8-20)26(32)19-34-23-9-5-2-6-10-23/h2,5-7,9-14,24H,1,3-4,8,15-17,19H2. The summed E-state index contributed by atoms with van der Waals surface area (Å²) in [6.07, 6.45) is 7.15. The van der Waals surface area contributed by atoms with Crippen LogP contribution in [0.4, 0.5) is 5.69 Å². The summed E-state index contributed by atoms with van der Waals surface area (Å²) in [4.78, 5) is 42.0. The molecule has 7 nitrogen and oxygen atoms in total. The molecule has 1 aliphatic heterocycles. The smallest absolute Gasteiger partial charge is 0.261 e. The number of hydrogen-bond acceptors (Lipinski definition) is 5. The number of ether oxygens (including phenoxy) is 1. The van der Waals surface area contributed by atoms with E-state index in [9.17, 15) is 14.4 Å². The quantitative estimate of drug-likeness (QED) is 0.442. The molecule has 2 aliphatic rings. The fourth-order valence-corrected chi connectivity index (χ4v) is 4.41. The summed E-state index contributed by atoms with van der Waals surface area (Å²) in [7, 11) is 0. The second kappa shape index (κ2) is 10.8. The number of para-hydroxylation sites is 1. The molecule has 1 unspecified atom stereocenters. The van der Waals surface area contributed by atoms with E-state index >= 15 is 0 Å². The maximum Gasteiger partial charge on any atom is 0.261 e. The van der Waals surface area contributed by atoms with E-state index in [1.54, 1.807) is 36.4 Å². The Morgan fingerprint density at radius 2 is 1.85 bits per heavy atom. The summed E-state index contributed by atoms with van der Waals surface area (Å²) in [6.45, 7) is 0.144. The maximum absolute atomic E-state index is 13.3. The zero-order valence-corrected chi connectivity index (χ0v) is 19.0. The highest BCUT2D eigenvalue weighted by atomic mass is 16.5. The van der Waals surface area contributed by atoms with Crippen molar-refractivity contribution in [3.8, 4) is 11.8 Å². The summed E-state index contributed by atoms with van der Waals surface area (Å²) in [5, 5.41) is 9.02. The minimum Gasteiger partial charge on any atom is -0.484 e. The van der Waals surface area contributed by atoms with Gasteiger partial charge in [-0.25, -0.2) is 4.90 Å². The normalized spacial score (nSPS) is 17.8. The Hall–Kier alpha value is -3.92. The first-order chi connectivity index (χ1) is 16.6. The number of imide groups is 1. The fraction of sp³-hybridized carbons (Fsp3) is 0.333. The van der Waals surface area contributed by atoms with Gasteiger partial charge >= 0.3 is 0 Å². The van der Waals surface area contributed by atoms with E-state index in [2.05, 4.69) is 6.08 Å². The topological polar surface area (TPSA) is 90.7 Å². The molecule has 1 heterocycles. The number of nitriles is 1. The van der Waals surface area contributed by atoms with E-state index < -0.39 is 11.9 Å². The summed E-state index contributed by atoms with van der Waals surface area (Å²) in [5.41, 5.74) is 2.13. The van der Waals surface area contributed by atoms with E-state index in [1.165, 1.54) is 16.9 Å². The van der Waals surface area contributed by atoms with Gasteiger partial charge in [0.15, 0.2) is 6.61 Å². The molecule has 0 aromatic heterocycles. The van der Waals surface area contributed by atoms with Gasteiger partial charge in [-0.3, -0.25) is 14.4 Å². The van der Waals surface area contributed by atoms with Crippen LogP contribution >= 0.6 is 0 Å². The molecular weight excluding hydrogens is 430 g/mol. The molecule has 2 aromatic carbocycles. The van der Waals surface area contributed by atoms with Crippen LogP contribution in [-0.4, -0.2) is 41.8 Å². The lowest BCUT2D eigenvalue weighted by Gasteiger charge is -2.28. The molecule has 1 atom stereocenters. The number of allylic oxidation sites excluding steroid dienone is 1. The molecule has 1 saturated heterocycles. The van der Waals surface area contributed by atoms with Crippen LogP contribution in [0.1, 0.15) is 44.1 Å². The van der Waals surface area contributed by atoms with Gasteiger partial charge in [0.05, 0.1) is 23.7 Å². The van der Waals surface area contributed by atoms with Crippen LogP contribution in [0, 0.1) is 11.3 Å². The summed E-state index contributed by atoms with van der Waals surface area (Å²) in [5.74, 6) is -0.550. The monoisotopic (exact) mass is 457 g/mol. The molecule has 0 saturated carbocycles. The summed E-state index contributed by atoms with van der Waals surface area (Å²) in [6, 6.07) is 16.5. The Labute approximate surface area is 199 Å². The first kappa shape index (κ1) is 23.2. The number of rotatable bonds is 8. The third-order valence-corrected chi connectivity index (χ3v) is 6.24. The van der Waals surface area contributed by atoms with Gasteiger partial charge in [-0.05, 0) is 68.5 Å². The number of carbonyl (C=O) groups excluding carboxylic acids is 3. The van der Waals surface area contributed by atoms with E-state index in [0.717, 1.165) is 24.2 Å². The van der Waals surface area contributed by atoms with Gasteiger partial charge in [0.1, 0.15) is 11.8 Å². The largest absolute Gasteiger partial charge is 0.484 e. The van der Waals surface area contributed by atoms with E-state index in [-0.39, 0.29) is 24.8 Å². The molecular formula is C27H27N3O4. The van der Waals surface area contributed by atoms with Crippen LogP contribution in [-0.2, 0) is 14.4 Å². The van der Waals surface area contributed by atoms with Crippen molar-refractivity contribution in [2.75, 3.05) is 18.1 Å². The van der Waals surface area contributed by atoms with Gasteiger partial charge < -0.3 is 9.64 Å². The highest BCUT2D eigenvalue weighted by Crippen LogP contribution is 2.28. The molecule has 3 amide bonds. The predicted molar refractivity (Wildman–Crippen MR) is 127 cm³/mol. The van der Waals surface area contributed by atoms with Crippen molar-refractivity contribution in [3.05, 3.63) is 71.8 Å². The molecule has 0 bridgehead atoms. The lowest BCUT2D eigenvalue weighted by molar-refractivity contribution is -0.140. The van der Waals surface area contributed by atoms with Crippen molar-refractivity contribution < 1.29 is 19.1 Å². The lowest BCUT2D eigenvalue weighted by atomic mass is 9.97. The molecule has 4 rings (SSSR count). The number of amides is 3. The van der Waals surface area contributed by atoms with Gasteiger partial charge in [0, 0.05) is 6.54 Å². The third kappa shape index (κ3) is 5.34. The van der Waals surface area contributed by atoms with Gasteiger partial charge in [-0.1, -0.05) is 29.8 Å². The van der Waals surface area contributed by atoms with Crippen molar-refractivity contribution >= 4 is 23.4 Å². The van der Waals surface area contributed by atoms with Crippen LogP contribution in [0.5, 0.6) is 5.75 Å². The fourth-order valence-electron chi connectivity index (χ4n) is 4.41. The Bertz CT molecular complexity index is 1120. The van der Waals surface area contributed by atoms with E-state index in [0.29, 0.717) is 30.0 Å². The van der Waals surface area contributed by atoms with Crippen molar-refractivity contribution in [2.24, 2.45) is 0 Å². The number of carbonyl (C=O) groups is 3. The summed E-state index contributed by atoms with van der Waals surface area (Å²) < 4.78 is 5.65.